The molecule has 1 aliphatic heterocycles. The zero-order chi connectivity index (χ0) is 22.8. The second-order valence-corrected chi connectivity index (χ2v) is 8.29. The number of anilines is 2. The van der Waals surface area contributed by atoms with Crippen LogP contribution in [-0.2, 0) is 4.79 Å². The van der Waals surface area contributed by atoms with Crippen molar-refractivity contribution in [2.75, 3.05) is 16.9 Å². The van der Waals surface area contributed by atoms with Crippen LogP contribution in [0.3, 0.4) is 0 Å². The molecule has 4 rings (SSSR count). The molecule has 0 saturated heterocycles. The third-order valence-corrected chi connectivity index (χ3v) is 6.08. The minimum atomic E-state index is -0.152. The van der Waals surface area contributed by atoms with Crippen LogP contribution in [-0.4, -0.2) is 25.0 Å². The van der Waals surface area contributed by atoms with E-state index in [0.717, 1.165) is 22.5 Å². The zero-order valence-corrected chi connectivity index (χ0v) is 18.9. The first kappa shape index (κ1) is 21.6. The Kier molecular flexibility index (Phi) is 5.99. The van der Waals surface area contributed by atoms with Crippen molar-refractivity contribution in [3.05, 3.63) is 89.5 Å². The molecule has 5 nitrogen and oxygen atoms in total. The van der Waals surface area contributed by atoms with Crippen molar-refractivity contribution in [3.8, 4) is 5.75 Å². The topological polar surface area (TPSA) is 49.9 Å². The molecule has 5 heteroatoms. The van der Waals surface area contributed by atoms with Gasteiger partial charge in [-0.15, -0.1) is 0 Å². The third-order valence-electron chi connectivity index (χ3n) is 6.08. The van der Waals surface area contributed by atoms with Crippen molar-refractivity contribution in [2.45, 2.75) is 39.3 Å². The number of benzene rings is 3. The van der Waals surface area contributed by atoms with Crippen molar-refractivity contribution in [3.63, 3.8) is 0 Å². The number of carbonyl (C=O) groups is 2. The first-order valence-corrected chi connectivity index (χ1v) is 10.8. The summed E-state index contributed by atoms with van der Waals surface area (Å²) in [7, 11) is 1.61. The molecule has 2 atom stereocenters. The lowest BCUT2D eigenvalue weighted by Crippen LogP contribution is -2.47. The number of fused-ring (bicyclic) bond motifs is 1. The monoisotopic (exact) mass is 428 g/mol. The molecule has 0 aliphatic carbocycles. The summed E-state index contributed by atoms with van der Waals surface area (Å²) in [5, 5.41) is 0. The van der Waals surface area contributed by atoms with Gasteiger partial charge < -0.3 is 14.5 Å². The van der Waals surface area contributed by atoms with E-state index in [2.05, 4.69) is 0 Å². The molecule has 0 fully saturated rings. The van der Waals surface area contributed by atoms with Crippen LogP contribution in [0.15, 0.2) is 72.8 Å². The van der Waals surface area contributed by atoms with E-state index in [1.165, 1.54) is 0 Å². The van der Waals surface area contributed by atoms with Gasteiger partial charge in [-0.3, -0.25) is 9.59 Å². The normalized spacial score (nSPS) is 17.4. The number of para-hydroxylation sites is 1. The Bertz CT molecular complexity index is 1120. The first-order chi connectivity index (χ1) is 15.4. The van der Waals surface area contributed by atoms with Crippen molar-refractivity contribution >= 4 is 23.2 Å². The van der Waals surface area contributed by atoms with E-state index in [9.17, 15) is 9.59 Å². The predicted octanol–water partition coefficient (Wildman–Crippen LogP) is 5.54. The summed E-state index contributed by atoms with van der Waals surface area (Å²) in [6, 6.07) is 22.8. The molecule has 164 valence electrons. The minimum Gasteiger partial charge on any atom is -0.497 e. The van der Waals surface area contributed by atoms with Gasteiger partial charge in [0.15, 0.2) is 0 Å². The largest absolute Gasteiger partial charge is 0.497 e. The number of methoxy groups -OCH3 is 1. The van der Waals surface area contributed by atoms with E-state index < -0.39 is 0 Å². The van der Waals surface area contributed by atoms with Crippen LogP contribution in [0.1, 0.15) is 47.8 Å². The third kappa shape index (κ3) is 3.98. The summed E-state index contributed by atoms with van der Waals surface area (Å²) in [6.45, 7) is 5.67. The second-order valence-electron chi connectivity index (χ2n) is 8.29. The highest BCUT2D eigenvalue weighted by Gasteiger charge is 2.38. The van der Waals surface area contributed by atoms with Crippen molar-refractivity contribution in [1.82, 2.24) is 0 Å². The number of carbonyl (C=O) groups excluding carboxylic acids is 2. The number of hydrogen-bond donors (Lipinski definition) is 0. The summed E-state index contributed by atoms with van der Waals surface area (Å²) in [5.74, 6) is 0.635. The van der Waals surface area contributed by atoms with Gasteiger partial charge in [0.1, 0.15) is 5.75 Å². The maximum Gasteiger partial charge on any atom is 0.258 e. The lowest BCUT2D eigenvalue weighted by Gasteiger charge is -2.43. The fourth-order valence-electron chi connectivity index (χ4n) is 4.49. The minimum absolute atomic E-state index is 0.0178. The Labute approximate surface area is 189 Å². The maximum absolute atomic E-state index is 13.5. The molecule has 1 aliphatic rings. The molecule has 0 saturated carbocycles. The van der Waals surface area contributed by atoms with Crippen LogP contribution in [0.25, 0.3) is 0 Å². The van der Waals surface area contributed by atoms with E-state index in [0.29, 0.717) is 17.7 Å². The lowest BCUT2D eigenvalue weighted by molar-refractivity contribution is -0.117. The van der Waals surface area contributed by atoms with E-state index in [1.54, 1.807) is 38.3 Å². The summed E-state index contributed by atoms with van der Waals surface area (Å²) < 4.78 is 5.22. The molecule has 0 N–H and O–H groups in total. The summed E-state index contributed by atoms with van der Waals surface area (Å²) >= 11 is 0. The molecule has 3 aromatic carbocycles. The molecule has 0 spiro atoms. The Hall–Kier alpha value is -3.60. The van der Waals surface area contributed by atoms with Crippen molar-refractivity contribution in [1.29, 1.82) is 0 Å². The smallest absolute Gasteiger partial charge is 0.258 e. The summed E-state index contributed by atoms with van der Waals surface area (Å²) in [4.78, 5) is 30.0. The SMILES string of the molecule is COc1ccc(C(=O)N2c3ccccc3[C@H](N(C(C)=O)c3ccc(C)cc3)C[C@@H]2C)cc1. The Morgan fingerprint density at radius 3 is 2.25 bits per heavy atom. The fourth-order valence-corrected chi connectivity index (χ4v) is 4.49. The number of rotatable bonds is 4. The molecule has 0 bridgehead atoms. The average Bonchev–Trinajstić information content (AvgIpc) is 2.80. The highest BCUT2D eigenvalue weighted by Crippen LogP contribution is 2.42. The van der Waals surface area contributed by atoms with Crippen LogP contribution in [0, 0.1) is 6.92 Å². The quantitative estimate of drug-likeness (QED) is 0.548. The van der Waals surface area contributed by atoms with Gasteiger partial charge in [0.2, 0.25) is 5.91 Å². The number of amides is 2. The van der Waals surface area contributed by atoms with Crippen LogP contribution in [0.5, 0.6) is 5.75 Å². The maximum atomic E-state index is 13.5. The molecular formula is C27H28N2O3. The molecule has 0 radical (unpaired) electrons. The predicted molar refractivity (Wildman–Crippen MR) is 127 cm³/mol. The summed E-state index contributed by atoms with van der Waals surface area (Å²) in [5.41, 5.74) is 4.43. The Morgan fingerprint density at radius 2 is 1.62 bits per heavy atom. The van der Waals surface area contributed by atoms with Crippen molar-refractivity contribution < 1.29 is 14.3 Å². The van der Waals surface area contributed by atoms with Crippen LogP contribution < -0.4 is 14.5 Å². The molecule has 0 unspecified atom stereocenters. The number of ether oxygens (including phenoxy) is 1. The van der Waals surface area contributed by atoms with E-state index >= 15 is 0 Å². The van der Waals surface area contributed by atoms with E-state index in [-0.39, 0.29) is 23.9 Å². The lowest BCUT2D eigenvalue weighted by atomic mass is 9.89. The molecule has 32 heavy (non-hydrogen) atoms. The van der Waals surface area contributed by atoms with Gasteiger partial charge in [-0.25, -0.2) is 0 Å². The first-order valence-electron chi connectivity index (χ1n) is 10.8. The van der Waals surface area contributed by atoms with Crippen LogP contribution in [0.4, 0.5) is 11.4 Å². The fraction of sp³-hybridized carbons (Fsp3) is 0.259. The average molecular weight is 429 g/mol. The number of nitrogens with zero attached hydrogens (tertiary/aromatic N) is 2. The Balaban J connectivity index is 1.75. The Morgan fingerprint density at radius 1 is 0.969 bits per heavy atom. The molecular weight excluding hydrogens is 400 g/mol. The zero-order valence-electron chi connectivity index (χ0n) is 18.9. The highest BCUT2D eigenvalue weighted by atomic mass is 16.5. The second kappa shape index (κ2) is 8.87. The highest BCUT2D eigenvalue weighted by molar-refractivity contribution is 6.07. The number of hydrogen-bond acceptors (Lipinski definition) is 3. The number of aryl methyl sites for hydroxylation is 1. The van der Waals surface area contributed by atoms with Gasteiger partial charge in [-0.05, 0) is 68.3 Å². The van der Waals surface area contributed by atoms with Gasteiger partial charge in [0.25, 0.3) is 5.91 Å². The molecule has 1 heterocycles. The van der Waals surface area contributed by atoms with Crippen molar-refractivity contribution in [2.24, 2.45) is 0 Å². The standard InChI is InChI=1S/C27H28N2O3/c1-18-9-13-22(14-10-18)29(20(3)30)26-17-19(2)28(25-8-6-5-7-24(25)26)27(31)21-11-15-23(32-4)16-12-21/h5-16,19,26H,17H2,1-4H3/t19-,26+/m0/s1. The van der Waals surface area contributed by atoms with E-state index in [4.69, 9.17) is 4.74 Å². The van der Waals surface area contributed by atoms with Gasteiger partial charge in [-0.1, -0.05) is 35.9 Å². The van der Waals surface area contributed by atoms with Crippen LogP contribution >= 0.6 is 0 Å². The van der Waals surface area contributed by atoms with Gasteiger partial charge >= 0.3 is 0 Å². The van der Waals surface area contributed by atoms with Gasteiger partial charge in [0.05, 0.1) is 13.2 Å². The summed E-state index contributed by atoms with van der Waals surface area (Å²) in [6.07, 6.45) is 0.645. The van der Waals surface area contributed by atoms with E-state index in [1.807, 2.05) is 72.2 Å². The van der Waals surface area contributed by atoms with Gasteiger partial charge in [-0.2, -0.15) is 0 Å². The van der Waals surface area contributed by atoms with Crippen LogP contribution in [0.2, 0.25) is 0 Å². The molecule has 3 aromatic rings. The molecule has 0 aromatic heterocycles. The van der Waals surface area contributed by atoms with Gasteiger partial charge in [0, 0.05) is 29.9 Å². The molecule has 2 amide bonds.